The van der Waals surface area contributed by atoms with Crippen LogP contribution >= 0.6 is 0 Å². The molecular weight excluding hydrogens is 228 g/mol. The number of aromatic nitrogens is 3. The van der Waals surface area contributed by atoms with Crippen LogP contribution in [0.25, 0.3) is 0 Å². The van der Waals surface area contributed by atoms with Crippen LogP contribution in [0.3, 0.4) is 0 Å². The van der Waals surface area contributed by atoms with Gasteiger partial charge in [-0.3, -0.25) is 4.90 Å². The highest BCUT2D eigenvalue weighted by molar-refractivity contribution is 4.87. The first kappa shape index (κ1) is 13.5. The number of rotatable bonds is 5. The summed E-state index contributed by atoms with van der Waals surface area (Å²) in [5, 5.41) is 17.7. The van der Waals surface area contributed by atoms with Crippen LogP contribution in [0.1, 0.15) is 44.9 Å². The fourth-order valence-corrected chi connectivity index (χ4v) is 2.76. The van der Waals surface area contributed by atoms with Gasteiger partial charge < -0.3 is 9.67 Å². The van der Waals surface area contributed by atoms with E-state index in [2.05, 4.69) is 15.1 Å². The highest BCUT2D eigenvalue weighted by atomic mass is 16.3. The molecule has 0 radical (unpaired) electrons. The molecule has 0 aromatic carbocycles. The maximum Gasteiger partial charge on any atom is 0.146 e. The van der Waals surface area contributed by atoms with Crippen molar-refractivity contribution in [3.05, 3.63) is 12.2 Å². The first-order chi connectivity index (χ1) is 8.66. The van der Waals surface area contributed by atoms with Gasteiger partial charge in [0, 0.05) is 19.6 Å². The maximum absolute atomic E-state index is 9.67. The Morgan fingerprint density at radius 2 is 2.17 bits per heavy atom. The highest BCUT2D eigenvalue weighted by Crippen LogP contribution is 2.23. The molecule has 1 saturated carbocycles. The van der Waals surface area contributed by atoms with E-state index in [-0.39, 0.29) is 6.10 Å². The Balaban J connectivity index is 2.02. The number of aliphatic hydroxyl groups excluding tert-OH is 1. The van der Waals surface area contributed by atoms with E-state index in [4.69, 9.17) is 0 Å². The normalized spacial score (nSPS) is 19.3. The molecule has 1 unspecified atom stereocenters. The molecule has 0 aliphatic heterocycles. The molecule has 1 N–H and O–H groups in total. The average Bonchev–Trinajstić information content (AvgIpc) is 2.75. The Labute approximate surface area is 109 Å². The smallest absolute Gasteiger partial charge is 0.146 e. The van der Waals surface area contributed by atoms with Gasteiger partial charge in [0.1, 0.15) is 12.2 Å². The molecule has 1 heterocycles. The fraction of sp³-hybridized carbons (Fsp3) is 0.846. The van der Waals surface area contributed by atoms with Gasteiger partial charge in [-0.25, -0.2) is 0 Å². The molecule has 0 saturated heterocycles. The van der Waals surface area contributed by atoms with Crippen LogP contribution < -0.4 is 0 Å². The van der Waals surface area contributed by atoms with Crippen molar-refractivity contribution in [2.45, 2.75) is 57.7 Å². The van der Waals surface area contributed by atoms with Crippen LogP contribution in [-0.4, -0.2) is 43.5 Å². The zero-order chi connectivity index (χ0) is 13.0. The molecule has 5 heteroatoms. The van der Waals surface area contributed by atoms with Gasteiger partial charge in [0.2, 0.25) is 0 Å². The zero-order valence-electron chi connectivity index (χ0n) is 11.4. The van der Waals surface area contributed by atoms with Crippen LogP contribution in [0, 0.1) is 0 Å². The van der Waals surface area contributed by atoms with Gasteiger partial charge in [-0.15, -0.1) is 10.2 Å². The second kappa shape index (κ2) is 6.29. The molecule has 1 aliphatic rings. The minimum atomic E-state index is -0.292. The van der Waals surface area contributed by atoms with Crippen molar-refractivity contribution >= 4 is 0 Å². The van der Waals surface area contributed by atoms with Crippen LogP contribution in [0.2, 0.25) is 0 Å². The first-order valence-corrected chi connectivity index (χ1v) is 6.92. The molecule has 1 atom stereocenters. The number of hydrogen-bond donors (Lipinski definition) is 1. The standard InChI is InChI=1S/C13H24N4O/c1-11(18)8-17(12-6-4-3-5-7-12)9-13-15-14-10-16(13)2/h10-12,18H,3-9H2,1-2H3. The van der Waals surface area contributed by atoms with Crippen LogP contribution in [0.4, 0.5) is 0 Å². The van der Waals surface area contributed by atoms with Crippen LogP contribution in [0.5, 0.6) is 0 Å². The summed E-state index contributed by atoms with van der Waals surface area (Å²) >= 11 is 0. The van der Waals surface area contributed by atoms with Gasteiger partial charge in [0.05, 0.1) is 12.6 Å². The van der Waals surface area contributed by atoms with Crippen LogP contribution in [-0.2, 0) is 13.6 Å². The van der Waals surface area contributed by atoms with E-state index in [1.165, 1.54) is 32.1 Å². The molecular formula is C13H24N4O. The first-order valence-electron chi connectivity index (χ1n) is 6.92. The van der Waals surface area contributed by atoms with Gasteiger partial charge in [0.25, 0.3) is 0 Å². The summed E-state index contributed by atoms with van der Waals surface area (Å²) in [4.78, 5) is 2.37. The Morgan fingerprint density at radius 1 is 1.44 bits per heavy atom. The predicted molar refractivity (Wildman–Crippen MR) is 70.0 cm³/mol. The molecule has 1 fully saturated rings. The molecule has 1 aromatic heterocycles. The van der Waals surface area contributed by atoms with Crippen molar-refractivity contribution < 1.29 is 5.11 Å². The summed E-state index contributed by atoms with van der Waals surface area (Å²) in [5.74, 6) is 0.973. The molecule has 0 amide bonds. The third kappa shape index (κ3) is 3.53. The number of hydrogen-bond acceptors (Lipinski definition) is 4. The number of nitrogens with zero attached hydrogens (tertiary/aromatic N) is 4. The van der Waals surface area contributed by atoms with E-state index in [1.807, 2.05) is 18.5 Å². The summed E-state index contributed by atoms with van der Waals surface area (Å²) in [6.45, 7) is 3.36. The Kier molecular flexibility index (Phi) is 4.72. The summed E-state index contributed by atoms with van der Waals surface area (Å²) in [6.07, 6.45) is 7.88. The van der Waals surface area contributed by atoms with Crippen molar-refractivity contribution in [1.29, 1.82) is 0 Å². The van der Waals surface area contributed by atoms with E-state index in [0.717, 1.165) is 18.9 Å². The van der Waals surface area contributed by atoms with Crippen LogP contribution in [0.15, 0.2) is 6.33 Å². The monoisotopic (exact) mass is 252 g/mol. The second-order valence-electron chi connectivity index (χ2n) is 5.43. The molecule has 2 rings (SSSR count). The lowest BCUT2D eigenvalue weighted by Crippen LogP contribution is -2.41. The van der Waals surface area contributed by atoms with E-state index < -0.39 is 0 Å². The molecule has 18 heavy (non-hydrogen) atoms. The number of aryl methyl sites for hydroxylation is 1. The maximum atomic E-state index is 9.67. The quantitative estimate of drug-likeness (QED) is 0.859. The zero-order valence-corrected chi connectivity index (χ0v) is 11.4. The molecule has 1 aliphatic carbocycles. The fourth-order valence-electron chi connectivity index (χ4n) is 2.76. The molecule has 0 spiro atoms. The SMILES string of the molecule is CC(O)CN(Cc1nncn1C)C1CCCCC1. The Hall–Kier alpha value is -0.940. The van der Waals surface area contributed by atoms with Gasteiger partial charge in [0.15, 0.2) is 0 Å². The topological polar surface area (TPSA) is 54.2 Å². The predicted octanol–water partition coefficient (Wildman–Crippen LogP) is 1.33. The Morgan fingerprint density at radius 3 is 2.72 bits per heavy atom. The minimum absolute atomic E-state index is 0.292. The third-order valence-electron chi connectivity index (χ3n) is 3.74. The Bertz CT molecular complexity index is 358. The molecule has 102 valence electrons. The van der Waals surface area contributed by atoms with E-state index in [0.29, 0.717) is 6.04 Å². The average molecular weight is 252 g/mol. The van der Waals surface area contributed by atoms with Gasteiger partial charge in [-0.2, -0.15) is 0 Å². The lowest BCUT2D eigenvalue weighted by molar-refractivity contribution is 0.0743. The lowest BCUT2D eigenvalue weighted by Gasteiger charge is -2.34. The van der Waals surface area contributed by atoms with Gasteiger partial charge >= 0.3 is 0 Å². The molecule has 1 aromatic rings. The second-order valence-corrected chi connectivity index (χ2v) is 5.43. The summed E-state index contributed by atoms with van der Waals surface area (Å²) in [5.41, 5.74) is 0. The van der Waals surface area contributed by atoms with E-state index in [1.54, 1.807) is 6.33 Å². The third-order valence-corrected chi connectivity index (χ3v) is 3.74. The van der Waals surface area contributed by atoms with Crippen molar-refractivity contribution in [2.24, 2.45) is 7.05 Å². The van der Waals surface area contributed by atoms with Crippen molar-refractivity contribution in [1.82, 2.24) is 19.7 Å². The molecule has 0 bridgehead atoms. The summed E-state index contributed by atoms with van der Waals surface area (Å²) in [6, 6.07) is 0.588. The van der Waals surface area contributed by atoms with Crippen molar-refractivity contribution in [3.8, 4) is 0 Å². The summed E-state index contributed by atoms with van der Waals surface area (Å²) in [7, 11) is 1.97. The highest BCUT2D eigenvalue weighted by Gasteiger charge is 2.23. The van der Waals surface area contributed by atoms with Crippen molar-refractivity contribution in [3.63, 3.8) is 0 Å². The summed E-state index contributed by atoms with van der Waals surface area (Å²) < 4.78 is 1.96. The largest absolute Gasteiger partial charge is 0.392 e. The van der Waals surface area contributed by atoms with E-state index in [9.17, 15) is 5.11 Å². The van der Waals surface area contributed by atoms with Crippen molar-refractivity contribution in [2.75, 3.05) is 6.54 Å². The minimum Gasteiger partial charge on any atom is -0.392 e. The number of aliphatic hydroxyl groups is 1. The van der Waals surface area contributed by atoms with E-state index >= 15 is 0 Å². The van der Waals surface area contributed by atoms with Gasteiger partial charge in [-0.1, -0.05) is 19.3 Å². The molecule has 5 nitrogen and oxygen atoms in total. The van der Waals surface area contributed by atoms with Gasteiger partial charge in [-0.05, 0) is 19.8 Å². The lowest BCUT2D eigenvalue weighted by atomic mass is 9.94.